The van der Waals surface area contributed by atoms with Gasteiger partial charge in [0.25, 0.3) is 5.69 Å². The summed E-state index contributed by atoms with van der Waals surface area (Å²) in [6, 6.07) is 4.82. The van der Waals surface area contributed by atoms with Crippen LogP contribution in [0, 0.1) is 17.0 Å². The summed E-state index contributed by atoms with van der Waals surface area (Å²) in [6.07, 6.45) is 0. The Kier molecular flexibility index (Phi) is 3.38. The summed E-state index contributed by atoms with van der Waals surface area (Å²) in [6.45, 7) is 3.32. The zero-order chi connectivity index (χ0) is 11.5. The Morgan fingerprint density at radius 3 is 2.67 bits per heavy atom. The van der Waals surface area contributed by atoms with Crippen LogP contribution in [0.3, 0.4) is 0 Å². The van der Waals surface area contributed by atoms with Gasteiger partial charge in [-0.1, -0.05) is 6.07 Å². The Hall–Kier alpha value is -1.47. The molecule has 0 saturated carbocycles. The molecule has 1 aromatic carbocycles. The summed E-state index contributed by atoms with van der Waals surface area (Å²) in [5.41, 5.74) is -0.262. The fourth-order valence-corrected chi connectivity index (χ4v) is 1.95. The molecule has 0 aromatic heterocycles. The van der Waals surface area contributed by atoms with Gasteiger partial charge < -0.3 is 0 Å². The van der Waals surface area contributed by atoms with Crippen molar-refractivity contribution in [1.82, 2.24) is 4.72 Å². The van der Waals surface area contributed by atoms with Crippen LogP contribution in [0.25, 0.3) is 0 Å². The molecule has 0 bridgehead atoms. The van der Waals surface area contributed by atoms with Gasteiger partial charge in [-0.2, -0.15) is 0 Å². The average molecular weight is 229 g/mol. The molecule has 1 aromatic rings. The van der Waals surface area contributed by atoms with Gasteiger partial charge in [0.15, 0.2) is 0 Å². The highest BCUT2D eigenvalue weighted by Gasteiger charge is 2.15. The van der Waals surface area contributed by atoms with Crippen molar-refractivity contribution in [1.29, 1.82) is 0 Å². The first-order valence-electron chi connectivity index (χ1n) is 4.01. The predicted octanol–water partition coefficient (Wildman–Crippen LogP) is 0.707. The Balaban J connectivity index is 3.16. The van der Waals surface area contributed by atoms with E-state index in [4.69, 9.17) is 0 Å². The van der Waals surface area contributed by atoms with Gasteiger partial charge in [-0.3, -0.25) is 10.1 Å². The van der Waals surface area contributed by atoms with Gasteiger partial charge in [-0.15, -0.1) is 0 Å². The van der Waals surface area contributed by atoms with E-state index in [1.807, 2.05) is 0 Å². The number of rotatable bonds is 4. The molecule has 0 aliphatic rings. The van der Waals surface area contributed by atoms with E-state index in [1.165, 1.54) is 18.2 Å². The number of non-ortho nitro benzene ring substituents is 1. The molecule has 0 aliphatic carbocycles. The topological polar surface area (TPSA) is 89.3 Å². The number of benzene rings is 1. The maximum atomic E-state index is 11.4. The van der Waals surface area contributed by atoms with Crippen molar-refractivity contribution in [3.05, 3.63) is 41.3 Å². The molecule has 15 heavy (non-hydrogen) atoms. The lowest BCUT2D eigenvalue weighted by Gasteiger charge is -2.03. The number of sulfonamides is 1. The van der Waals surface area contributed by atoms with Crippen LogP contribution in [0.4, 0.5) is 5.69 Å². The van der Waals surface area contributed by atoms with Gasteiger partial charge in [-0.25, -0.2) is 13.1 Å². The first-order valence-corrected chi connectivity index (χ1v) is 5.49. The Labute approximate surface area is 87.1 Å². The minimum absolute atomic E-state index is 0.00890. The molecule has 0 spiro atoms. The van der Waals surface area contributed by atoms with E-state index in [2.05, 4.69) is 11.6 Å². The van der Waals surface area contributed by atoms with Crippen LogP contribution in [0.1, 0.15) is 0 Å². The smallest absolute Gasteiger partial charge is 0.258 e. The highest BCUT2D eigenvalue weighted by molar-refractivity contribution is 7.89. The van der Waals surface area contributed by atoms with Crippen LogP contribution in [-0.2, 0) is 10.0 Å². The van der Waals surface area contributed by atoms with Crippen LogP contribution in [0.15, 0.2) is 29.2 Å². The number of nitro benzene ring substituents is 1. The summed E-state index contributed by atoms with van der Waals surface area (Å²) in [5, 5.41) is 10.4. The molecule has 7 heteroatoms. The lowest BCUT2D eigenvalue weighted by atomic mass is 10.3. The molecule has 0 unspecified atom stereocenters. The van der Waals surface area contributed by atoms with Gasteiger partial charge >= 0.3 is 0 Å². The number of nitrogens with one attached hydrogen (secondary N) is 1. The number of hydrogen-bond acceptors (Lipinski definition) is 4. The quantitative estimate of drug-likeness (QED) is 0.608. The van der Waals surface area contributed by atoms with Crippen molar-refractivity contribution >= 4 is 15.7 Å². The molecular formula is C8H9N2O4S. The zero-order valence-electron chi connectivity index (χ0n) is 7.71. The van der Waals surface area contributed by atoms with Crippen LogP contribution in [0.2, 0.25) is 0 Å². The third-order valence-corrected chi connectivity index (χ3v) is 3.09. The maximum Gasteiger partial charge on any atom is 0.270 e. The summed E-state index contributed by atoms with van der Waals surface area (Å²) >= 11 is 0. The van der Waals surface area contributed by atoms with Crippen molar-refractivity contribution in [2.45, 2.75) is 4.90 Å². The molecular weight excluding hydrogens is 220 g/mol. The molecule has 0 amide bonds. The van der Waals surface area contributed by atoms with E-state index in [0.29, 0.717) is 0 Å². The summed E-state index contributed by atoms with van der Waals surface area (Å²) < 4.78 is 25.0. The van der Waals surface area contributed by atoms with E-state index in [1.54, 1.807) is 0 Å². The first kappa shape index (κ1) is 11.6. The van der Waals surface area contributed by atoms with E-state index >= 15 is 0 Å². The van der Waals surface area contributed by atoms with Crippen molar-refractivity contribution in [3.63, 3.8) is 0 Å². The van der Waals surface area contributed by atoms with Crippen molar-refractivity contribution < 1.29 is 13.3 Å². The van der Waals surface area contributed by atoms with Crippen LogP contribution < -0.4 is 4.72 Å². The van der Waals surface area contributed by atoms with E-state index in [-0.39, 0.29) is 17.1 Å². The summed E-state index contributed by atoms with van der Waals surface area (Å²) in [5.74, 6) is 0. The molecule has 1 N–H and O–H groups in total. The summed E-state index contributed by atoms with van der Waals surface area (Å²) in [7, 11) is -3.68. The predicted molar refractivity (Wildman–Crippen MR) is 53.6 cm³/mol. The standard InChI is InChI=1S/C8H9N2O4S/c1-2-9-15(13,14)8-5-3-4-7(6-8)10(11)12/h3-6,9H,1-2H2. The minimum Gasteiger partial charge on any atom is -0.258 e. The van der Waals surface area contributed by atoms with Gasteiger partial charge in [0.1, 0.15) is 0 Å². The van der Waals surface area contributed by atoms with Gasteiger partial charge in [0.2, 0.25) is 10.0 Å². The monoisotopic (exact) mass is 229 g/mol. The molecule has 0 fully saturated rings. The molecule has 0 aliphatic heterocycles. The van der Waals surface area contributed by atoms with Crippen LogP contribution in [-0.4, -0.2) is 19.9 Å². The van der Waals surface area contributed by atoms with Crippen LogP contribution in [0.5, 0.6) is 0 Å². The second-order valence-electron chi connectivity index (χ2n) is 2.65. The molecule has 0 atom stereocenters. The average Bonchev–Trinajstić information content (AvgIpc) is 2.18. The molecule has 0 saturated heterocycles. The van der Waals surface area contributed by atoms with Gasteiger partial charge in [0.05, 0.1) is 9.82 Å². The van der Waals surface area contributed by atoms with Crippen LogP contribution >= 0.6 is 0 Å². The van der Waals surface area contributed by atoms with E-state index in [0.717, 1.165) is 6.07 Å². The lowest BCUT2D eigenvalue weighted by molar-refractivity contribution is -0.385. The molecule has 1 radical (unpaired) electrons. The normalized spacial score (nSPS) is 11.3. The fraction of sp³-hybridized carbons (Fsp3) is 0.125. The first-order chi connectivity index (χ1) is 6.97. The van der Waals surface area contributed by atoms with E-state index < -0.39 is 14.9 Å². The number of nitrogens with zero attached hydrogens (tertiary/aromatic N) is 1. The third-order valence-electron chi connectivity index (χ3n) is 1.63. The summed E-state index contributed by atoms with van der Waals surface area (Å²) in [4.78, 5) is 9.63. The highest BCUT2D eigenvalue weighted by atomic mass is 32.2. The van der Waals surface area contributed by atoms with E-state index in [9.17, 15) is 18.5 Å². The van der Waals surface area contributed by atoms with Crippen molar-refractivity contribution in [3.8, 4) is 0 Å². The molecule has 81 valence electrons. The maximum absolute atomic E-state index is 11.4. The second-order valence-corrected chi connectivity index (χ2v) is 4.42. The number of nitro groups is 1. The Bertz CT molecular complexity index is 469. The molecule has 1 rings (SSSR count). The third kappa shape index (κ3) is 2.74. The minimum atomic E-state index is -3.68. The second kappa shape index (κ2) is 4.37. The number of hydrogen-bond donors (Lipinski definition) is 1. The molecule has 6 nitrogen and oxygen atoms in total. The van der Waals surface area contributed by atoms with Gasteiger partial charge in [0, 0.05) is 18.7 Å². The van der Waals surface area contributed by atoms with Gasteiger partial charge in [-0.05, 0) is 13.0 Å². The Morgan fingerprint density at radius 2 is 2.13 bits per heavy atom. The Morgan fingerprint density at radius 1 is 1.47 bits per heavy atom. The molecule has 0 heterocycles. The zero-order valence-corrected chi connectivity index (χ0v) is 8.53. The lowest BCUT2D eigenvalue weighted by Crippen LogP contribution is -2.23. The highest BCUT2D eigenvalue weighted by Crippen LogP contribution is 2.16. The fourth-order valence-electron chi connectivity index (χ4n) is 0.982. The van der Waals surface area contributed by atoms with Crippen molar-refractivity contribution in [2.24, 2.45) is 0 Å². The van der Waals surface area contributed by atoms with Crippen molar-refractivity contribution in [2.75, 3.05) is 6.54 Å². The SMILES string of the molecule is [CH2]CNS(=O)(=O)c1cccc([N+](=O)[O-])c1. The largest absolute Gasteiger partial charge is 0.270 e.